The predicted octanol–water partition coefficient (Wildman–Crippen LogP) is 1.40. The number of nitrogens with zero attached hydrogens (tertiary/aromatic N) is 1. The first kappa shape index (κ1) is 9.97. The number of halogens is 1. The van der Waals surface area contributed by atoms with Crippen LogP contribution < -0.4 is 0 Å². The largest absolute Gasteiger partial charge is 0.342 e. The van der Waals surface area contributed by atoms with Gasteiger partial charge in [-0.15, -0.1) is 0 Å². The van der Waals surface area contributed by atoms with Crippen LogP contribution in [0.4, 0.5) is 0 Å². The highest BCUT2D eigenvalue weighted by Gasteiger charge is 2.35. The monoisotopic (exact) mass is 215 g/mol. The molecule has 78 valence electrons. The van der Waals surface area contributed by atoms with E-state index in [9.17, 15) is 9.59 Å². The number of amides is 1. The fraction of sp³-hybridized carbons (Fsp3) is 0.800. The van der Waals surface area contributed by atoms with E-state index in [1.165, 1.54) is 0 Å². The molecular formula is C10H14ClNO2. The maximum absolute atomic E-state index is 11.6. The van der Waals surface area contributed by atoms with Gasteiger partial charge in [-0.2, -0.15) is 0 Å². The molecule has 0 bridgehead atoms. The van der Waals surface area contributed by atoms with Crippen molar-refractivity contribution in [1.82, 2.24) is 4.90 Å². The maximum Gasteiger partial charge on any atom is 0.225 e. The molecule has 1 amide bonds. The smallest absolute Gasteiger partial charge is 0.225 e. The van der Waals surface area contributed by atoms with Gasteiger partial charge in [-0.1, -0.05) is 0 Å². The van der Waals surface area contributed by atoms with Gasteiger partial charge in [0.15, 0.2) is 0 Å². The molecule has 0 radical (unpaired) electrons. The number of hydrogen-bond acceptors (Lipinski definition) is 2. The summed E-state index contributed by atoms with van der Waals surface area (Å²) < 4.78 is 0. The standard InChI is InChI=1S/C10H14ClNO2/c11-9(13)7-3-5-12(6-4-7)10(14)8-1-2-8/h7-8H,1-6H2. The Morgan fingerprint density at radius 1 is 1.00 bits per heavy atom. The summed E-state index contributed by atoms with van der Waals surface area (Å²) in [6.45, 7) is 1.41. The summed E-state index contributed by atoms with van der Waals surface area (Å²) in [7, 11) is 0. The summed E-state index contributed by atoms with van der Waals surface area (Å²) in [5.74, 6) is 0.545. The van der Waals surface area contributed by atoms with Crippen molar-refractivity contribution in [3.63, 3.8) is 0 Å². The van der Waals surface area contributed by atoms with Gasteiger partial charge in [0.1, 0.15) is 0 Å². The van der Waals surface area contributed by atoms with Crippen molar-refractivity contribution in [2.45, 2.75) is 25.7 Å². The fourth-order valence-corrected chi connectivity index (χ4v) is 2.13. The molecule has 3 nitrogen and oxygen atoms in total. The lowest BCUT2D eigenvalue weighted by Crippen LogP contribution is -2.40. The second kappa shape index (κ2) is 3.89. The first-order chi connectivity index (χ1) is 6.68. The number of hydrogen-bond donors (Lipinski definition) is 0. The van der Waals surface area contributed by atoms with Gasteiger partial charge >= 0.3 is 0 Å². The van der Waals surface area contributed by atoms with E-state index in [2.05, 4.69) is 0 Å². The van der Waals surface area contributed by atoms with Crippen LogP contribution in [0.15, 0.2) is 0 Å². The Balaban J connectivity index is 1.83. The van der Waals surface area contributed by atoms with Crippen LogP contribution in [0.5, 0.6) is 0 Å². The van der Waals surface area contributed by atoms with Crippen LogP contribution in [-0.2, 0) is 9.59 Å². The molecule has 1 aliphatic carbocycles. The van der Waals surface area contributed by atoms with E-state index in [1.54, 1.807) is 0 Å². The molecule has 1 aliphatic heterocycles. The number of carbonyl (C=O) groups is 2. The normalized spacial score (nSPS) is 23.6. The lowest BCUT2D eigenvalue weighted by molar-refractivity contribution is -0.135. The Kier molecular flexibility index (Phi) is 2.77. The molecule has 0 aromatic rings. The van der Waals surface area contributed by atoms with E-state index in [-0.39, 0.29) is 17.1 Å². The van der Waals surface area contributed by atoms with E-state index in [0.717, 1.165) is 25.7 Å². The van der Waals surface area contributed by atoms with E-state index in [4.69, 9.17) is 11.6 Å². The van der Waals surface area contributed by atoms with Crippen molar-refractivity contribution in [2.75, 3.05) is 13.1 Å². The molecule has 0 N–H and O–H groups in total. The number of piperidine rings is 1. The number of carbonyl (C=O) groups excluding carboxylic acids is 2. The zero-order valence-electron chi connectivity index (χ0n) is 8.04. The van der Waals surface area contributed by atoms with Gasteiger partial charge < -0.3 is 4.90 Å². The molecule has 14 heavy (non-hydrogen) atoms. The predicted molar refractivity (Wildman–Crippen MR) is 52.9 cm³/mol. The highest BCUT2D eigenvalue weighted by atomic mass is 35.5. The van der Waals surface area contributed by atoms with Crippen LogP contribution in [0.3, 0.4) is 0 Å². The Morgan fingerprint density at radius 3 is 2.00 bits per heavy atom. The molecule has 0 unspecified atom stereocenters. The Hall–Kier alpha value is -0.570. The zero-order valence-corrected chi connectivity index (χ0v) is 8.79. The quantitative estimate of drug-likeness (QED) is 0.653. The van der Waals surface area contributed by atoms with E-state index >= 15 is 0 Å². The Morgan fingerprint density at radius 2 is 1.57 bits per heavy atom. The molecule has 2 fully saturated rings. The summed E-state index contributed by atoms with van der Waals surface area (Å²) in [5, 5.41) is -0.247. The van der Waals surface area contributed by atoms with Crippen LogP contribution in [0.1, 0.15) is 25.7 Å². The molecule has 0 aromatic heterocycles. The van der Waals surface area contributed by atoms with Gasteiger partial charge in [0.2, 0.25) is 11.1 Å². The summed E-state index contributed by atoms with van der Waals surface area (Å²) in [6, 6.07) is 0. The van der Waals surface area contributed by atoms with E-state index in [0.29, 0.717) is 19.0 Å². The van der Waals surface area contributed by atoms with Gasteiger partial charge in [-0.25, -0.2) is 0 Å². The fourth-order valence-electron chi connectivity index (χ4n) is 1.92. The second-order valence-electron chi connectivity index (χ2n) is 4.18. The van der Waals surface area contributed by atoms with E-state index < -0.39 is 0 Å². The van der Waals surface area contributed by atoms with Gasteiger partial charge in [-0.05, 0) is 37.3 Å². The van der Waals surface area contributed by atoms with Crippen molar-refractivity contribution < 1.29 is 9.59 Å². The van der Waals surface area contributed by atoms with Crippen LogP contribution in [0.2, 0.25) is 0 Å². The number of likely N-dealkylation sites (tertiary alicyclic amines) is 1. The SMILES string of the molecule is O=C(Cl)C1CCN(C(=O)C2CC2)CC1. The first-order valence-corrected chi connectivity index (χ1v) is 5.54. The average Bonchev–Trinajstić information content (AvgIpc) is 3.00. The molecule has 0 atom stereocenters. The highest BCUT2D eigenvalue weighted by molar-refractivity contribution is 6.63. The maximum atomic E-state index is 11.6. The lowest BCUT2D eigenvalue weighted by atomic mass is 9.98. The molecule has 0 aromatic carbocycles. The molecule has 0 spiro atoms. The van der Waals surface area contributed by atoms with Crippen LogP contribution in [-0.4, -0.2) is 29.1 Å². The van der Waals surface area contributed by atoms with Crippen molar-refractivity contribution >= 4 is 22.8 Å². The average molecular weight is 216 g/mol. The van der Waals surface area contributed by atoms with Crippen LogP contribution in [0, 0.1) is 11.8 Å². The minimum absolute atomic E-state index is 0.0279. The highest BCUT2D eigenvalue weighted by Crippen LogP contribution is 2.32. The molecule has 2 aliphatic rings. The third-order valence-electron chi connectivity index (χ3n) is 3.05. The minimum Gasteiger partial charge on any atom is -0.342 e. The van der Waals surface area contributed by atoms with Crippen molar-refractivity contribution in [1.29, 1.82) is 0 Å². The van der Waals surface area contributed by atoms with E-state index in [1.807, 2.05) is 4.90 Å². The topological polar surface area (TPSA) is 37.4 Å². The first-order valence-electron chi connectivity index (χ1n) is 5.16. The van der Waals surface area contributed by atoms with Crippen molar-refractivity contribution in [3.05, 3.63) is 0 Å². The van der Waals surface area contributed by atoms with Gasteiger partial charge in [0.25, 0.3) is 0 Å². The molecule has 1 saturated carbocycles. The lowest BCUT2D eigenvalue weighted by Gasteiger charge is -2.30. The second-order valence-corrected chi connectivity index (χ2v) is 4.55. The van der Waals surface area contributed by atoms with Crippen LogP contribution in [0.25, 0.3) is 0 Å². The zero-order chi connectivity index (χ0) is 10.1. The summed E-state index contributed by atoms with van der Waals surface area (Å²) in [5.41, 5.74) is 0. The minimum atomic E-state index is -0.247. The third kappa shape index (κ3) is 2.08. The number of rotatable bonds is 2. The summed E-state index contributed by atoms with van der Waals surface area (Å²) in [6.07, 6.45) is 3.57. The molecular weight excluding hydrogens is 202 g/mol. The van der Waals surface area contributed by atoms with Gasteiger partial charge in [0, 0.05) is 24.9 Å². The summed E-state index contributed by atoms with van der Waals surface area (Å²) in [4.78, 5) is 24.4. The van der Waals surface area contributed by atoms with Gasteiger partial charge in [-0.3, -0.25) is 9.59 Å². The Bertz CT molecular complexity index is 255. The molecule has 4 heteroatoms. The van der Waals surface area contributed by atoms with Crippen molar-refractivity contribution in [2.24, 2.45) is 11.8 Å². The van der Waals surface area contributed by atoms with Gasteiger partial charge in [0.05, 0.1) is 0 Å². The molecule has 1 heterocycles. The molecule has 1 saturated heterocycles. The Labute approximate surface area is 88.4 Å². The van der Waals surface area contributed by atoms with Crippen molar-refractivity contribution in [3.8, 4) is 0 Å². The third-order valence-corrected chi connectivity index (χ3v) is 3.36. The van der Waals surface area contributed by atoms with Crippen LogP contribution >= 0.6 is 11.6 Å². The summed E-state index contributed by atoms with van der Waals surface area (Å²) >= 11 is 5.42. The molecule has 2 rings (SSSR count).